The van der Waals surface area contributed by atoms with Gasteiger partial charge in [-0.2, -0.15) is 0 Å². The van der Waals surface area contributed by atoms with E-state index in [1.807, 2.05) is 0 Å². The van der Waals surface area contributed by atoms with Crippen molar-refractivity contribution in [2.45, 2.75) is 154 Å². The quantitative estimate of drug-likeness (QED) is 0.107. The third-order valence-corrected chi connectivity index (χ3v) is 6.28. The highest BCUT2D eigenvalue weighted by atomic mass is 16.3. The molecule has 0 aliphatic carbocycles. The summed E-state index contributed by atoms with van der Waals surface area (Å²) in [5.74, 6) is -0.0510. The number of unbranched alkanes of at least 4 members (excludes halogenated alkanes) is 15. The van der Waals surface area contributed by atoms with Gasteiger partial charge in [0.1, 0.15) is 0 Å². The molecule has 4 nitrogen and oxygen atoms in total. The van der Waals surface area contributed by atoms with Gasteiger partial charge in [0.05, 0.1) is 18.8 Å². The lowest BCUT2D eigenvalue weighted by molar-refractivity contribution is -0.123. The first kappa shape index (κ1) is 31.1. The number of hydrogen-bond acceptors (Lipinski definition) is 3. The van der Waals surface area contributed by atoms with Crippen LogP contribution in [0.4, 0.5) is 0 Å². The first-order chi connectivity index (χ1) is 15.7. The SMILES string of the molecule is CCCCCCCCC/C=C/CCCC[C@@H](O)[C@H](CO)NC(=O)CCCCCCCCC. The third kappa shape index (κ3) is 21.0. The number of aliphatic hydroxyl groups is 2. The van der Waals surface area contributed by atoms with E-state index >= 15 is 0 Å². The molecule has 0 rings (SSSR count). The molecule has 0 radical (unpaired) electrons. The number of carbonyl (C=O) groups is 1. The molecule has 0 aromatic heterocycles. The average Bonchev–Trinajstić information content (AvgIpc) is 2.79. The Balaban J connectivity index is 3.67. The Morgan fingerprint density at radius 1 is 0.719 bits per heavy atom. The summed E-state index contributed by atoms with van der Waals surface area (Å²) >= 11 is 0. The molecule has 0 aliphatic heterocycles. The summed E-state index contributed by atoms with van der Waals surface area (Å²) in [6, 6.07) is -0.542. The van der Waals surface area contributed by atoms with E-state index in [4.69, 9.17) is 0 Å². The Kier molecular flexibility index (Phi) is 24.1. The molecule has 4 heteroatoms. The maximum absolute atomic E-state index is 12.1. The molecule has 190 valence electrons. The summed E-state index contributed by atoms with van der Waals surface area (Å²) in [7, 11) is 0. The van der Waals surface area contributed by atoms with E-state index < -0.39 is 12.1 Å². The number of allylic oxidation sites excluding steroid dienone is 2. The molecule has 0 aromatic carbocycles. The second-order valence-electron chi connectivity index (χ2n) is 9.46. The van der Waals surface area contributed by atoms with Gasteiger partial charge < -0.3 is 15.5 Å². The fourth-order valence-electron chi connectivity index (χ4n) is 4.06. The summed E-state index contributed by atoms with van der Waals surface area (Å²) in [5, 5.41) is 22.7. The van der Waals surface area contributed by atoms with Crippen molar-refractivity contribution in [3.05, 3.63) is 12.2 Å². The van der Waals surface area contributed by atoms with Crippen LogP contribution in [0.15, 0.2) is 12.2 Å². The normalized spacial score (nSPS) is 13.5. The van der Waals surface area contributed by atoms with Crippen LogP contribution < -0.4 is 5.32 Å². The summed E-state index contributed by atoms with van der Waals surface area (Å²) in [6.45, 7) is 4.27. The standard InChI is InChI=1S/C28H55NO3/c1-3-5-7-9-11-12-13-14-15-16-18-19-21-23-27(31)26(25-30)29-28(32)24-22-20-17-10-8-6-4-2/h15-16,26-27,30-31H,3-14,17-25H2,1-2H3,(H,29,32)/b16-15+/t26-,27+/m0/s1. The number of hydrogen-bond donors (Lipinski definition) is 3. The van der Waals surface area contributed by atoms with Gasteiger partial charge in [-0.15, -0.1) is 0 Å². The average molecular weight is 454 g/mol. The zero-order valence-electron chi connectivity index (χ0n) is 21.5. The Labute approximate surface area is 199 Å². The Morgan fingerprint density at radius 2 is 1.19 bits per heavy atom. The summed E-state index contributed by atoms with van der Waals surface area (Å²) in [4.78, 5) is 12.1. The van der Waals surface area contributed by atoms with Crippen LogP contribution in [0.2, 0.25) is 0 Å². The third-order valence-electron chi connectivity index (χ3n) is 6.28. The van der Waals surface area contributed by atoms with Gasteiger partial charge in [-0.1, -0.05) is 109 Å². The Bertz CT molecular complexity index is 425. The minimum Gasteiger partial charge on any atom is -0.394 e. The van der Waals surface area contributed by atoms with Crippen LogP contribution in [-0.4, -0.2) is 34.9 Å². The van der Waals surface area contributed by atoms with Gasteiger partial charge in [0, 0.05) is 6.42 Å². The fourth-order valence-corrected chi connectivity index (χ4v) is 4.06. The van der Waals surface area contributed by atoms with Crippen LogP contribution in [0.1, 0.15) is 142 Å². The van der Waals surface area contributed by atoms with Gasteiger partial charge in [0.25, 0.3) is 0 Å². The number of nitrogens with one attached hydrogen (secondary N) is 1. The van der Waals surface area contributed by atoms with E-state index in [0.717, 1.165) is 32.1 Å². The molecule has 3 N–H and O–H groups in total. The minimum absolute atomic E-state index is 0.0510. The van der Waals surface area contributed by atoms with Crippen molar-refractivity contribution in [3.63, 3.8) is 0 Å². The maximum Gasteiger partial charge on any atom is 0.220 e. The molecule has 0 saturated heterocycles. The maximum atomic E-state index is 12.1. The fraction of sp³-hybridized carbons (Fsp3) is 0.893. The smallest absolute Gasteiger partial charge is 0.220 e. The monoisotopic (exact) mass is 453 g/mol. The van der Waals surface area contributed by atoms with Crippen molar-refractivity contribution >= 4 is 5.91 Å². The molecular formula is C28H55NO3. The number of rotatable bonds is 24. The van der Waals surface area contributed by atoms with E-state index in [9.17, 15) is 15.0 Å². The first-order valence-corrected chi connectivity index (χ1v) is 13.9. The zero-order chi connectivity index (χ0) is 23.7. The van der Waals surface area contributed by atoms with Crippen LogP contribution in [-0.2, 0) is 4.79 Å². The topological polar surface area (TPSA) is 69.6 Å². The van der Waals surface area contributed by atoms with Gasteiger partial charge >= 0.3 is 0 Å². The van der Waals surface area contributed by atoms with Crippen LogP contribution in [0, 0.1) is 0 Å². The molecule has 0 saturated carbocycles. The van der Waals surface area contributed by atoms with Crippen LogP contribution in [0.25, 0.3) is 0 Å². The zero-order valence-corrected chi connectivity index (χ0v) is 21.5. The van der Waals surface area contributed by atoms with Gasteiger partial charge in [-0.3, -0.25) is 4.79 Å². The molecule has 0 aromatic rings. The van der Waals surface area contributed by atoms with Gasteiger partial charge in [-0.25, -0.2) is 0 Å². The Hall–Kier alpha value is -0.870. The molecule has 2 atom stereocenters. The summed E-state index contributed by atoms with van der Waals surface area (Å²) in [6.07, 6.45) is 26.9. The molecule has 1 amide bonds. The van der Waals surface area contributed by atoms with E-state index in [2.05, 4.69) is 31.3 Å². The van der Waals surface area contributed by atoms with Crippen LogP contribution in [0.5, 0.6) is 0 Å². The first-order valence-electron chi connectivity index (χ1n) is 13.9. The van der Waals surface area contributed by atoms with Gasteiger partial charge in [0.15, 0.2) is 0 Å². The van der Waals surface area contributed by atoms with Crippen molar-refractivity contribution in [1.29, 1.82) is 0 Å². The number of amides is 1. The van der Waals surface area contributed by atoms with E-state index in [1.165, 1.54) is 83.5 Å². The van der Waals surface area contributed by atoms with Crippen molar-refractivity contribution in [2.24, 2.45) is 0 Å². The number of carbonyl (C=O) groups excluding carboxylic acids is 1. The molecule has 32 heavy (non-hydrogen) atoms. The van der Waals surface area contributed by atoms with E-state index in [1.54, 1.807) is 0 Å². The lowest BCUT2D eigenvalue weighted by atomic mass is 10.0. The van der Waals surface area contributed by atoms with Crippen molar-refractivity contribution < 1.29 is 15.0 Å². The largest absolute Gasteiger partial charge is 0.394 e. The predicted molar refractivity (Wildman–Crippen MR) is 138 cm³/mol. The lowest BCUT2D eigenvalue weighted by Gasteiger charge is -2.22. The highest BCUT2D eigenvalue weighted by Gasteiger charge is 2.19. The summed E-state index contributed by atoms with van der Waals surface area (Å²) in [5.41, 5.74) is 0. The Morgan fingerprint density at radius 3 is 1.72 bits per heavy atom. The molecule has 0 bridgehead atoms. The van der Waals surface area contributed by atoms with E-state index in [0.29, 0.717) is 12.8 Å². The lowest BCUT2D eigenvalue weighted by Crippen LogP contribution is -2.45. The van der Waals surface area contributed by atoms with Gasteiger partial charge in [-0.05, 0) is 38.5 Å². The molecular weight excluding hydrogens is 398 g/mol. The van der Waals surface area contributed by atoms with E-state index in [-0.39, 0.29) is 12.5 Å². The predicted octanol–water partition coefficient (Wildman–Crippen LogP) is 7.22. The van der Waals surface area contributed by atoms with Crippen LogP contribution >= 0.6 is 0 Å². The van der Waals surface area contributed by atoms with Gasteiger partial charge in [0.2, 0.25) is 5.91 Å². The molecule has 0 aliphatic rings. The highest BCUT2D eigenvalue weighted by molar-refractivity contribution is 5.76. The second kappa shape index (κ2) is 24.8. The summed E-state index contributed by atoms with van der Waals surface area (Å²) < 4.78 is 0. The molecule has 0 spiro atoms. The van der Waals surface area contributed by atoms with Crippen molar-refractivity contribution in [2.75, 3.05) is 6.61 Å². The molecule has 0 heterocycles. The molecule has 0 fully saturated rings. The van der Waals surface area contributed by atoms with Crippen LogP contribution in [0.3, 0.4) is 0 Å². The van der Waals surface area contributed by atoms with Crippen molar-refractivity contribution in [1.82, 2.24) is 5.32 Å². The number of aliphatic hydroxyl groups excluding tert-OH is 2. The molecule has 0 unspecified atom stereocenters. The van der Waals surface area contributed by atoms with Crippen molar-refractivity contribution in [3.8, 4) is 0 Å². The second-order valence-corrected chi connectivity index (χ2v) is 9.46. The highest BCUT2D eigenvalue weighted by Crippen LogP contribution is 2.12. The minimum atomic E-state index is -0.672.